The van der Waals surface area contributed by atoms with E-state index in [9.17, 15) is 9.59 Å². The number of hydrogen-bond acceptors (Lipinski definition) is 5. The minimum atomic E-state index is -0.856. The molecule has 0 aliphatic rings. The van der Waals surface area contributed by atoms with Crippen LogP contribution in [0, 0.1) is 11.3 Å². The molecule has 0 saturated carbocycles. The van der Waals surface area contributed by atoms with Gasteiger partial charge in [0.1, 0.15) is 11.8 Å². The van der Waals surface area contributed by atoms with Crippen molar-refractivity contribution < 1.29 is 19.4 Å². The summed E-state index contributed by atoms with van der Waals surface area (Å²) in [5.74, 6) is -1.01. The lowest BCUT2D eigenvalue weighted by Crippen LogP contribution is -2.41. The van der Waals surface area contributed by atoms with Crippen LogP contribution < -0.4 is 5.32 Å². The van der Waals surface area contributed by atoms with E-state index in [0.29, 0.717) is 5.56 Å². The van der Waals surface area contributed by atoms with Gasteiger partial charge in [0.05, 0.1) is 13.2 Å². The second kappa shape index (κ2) is 7.01. The predicted octanol–water partition coefficient (Wildman–Crippen LogP) is 0.967. The van der Waals surface area contributed by atoms with Gasteiger partial charge < -0.3 is 15.2 Å². The average molecular weight is 262 g/mol. The largest absolute Gasteiger partial charge is 0.508 e. The molecule has 0 aromatic heterocycles. The van der Waals surface area contributed by atoms with E-state index in [1.807, 2.05) is 6.07 Å². The third-order valence-electron chi connectivity index (χ3n) is 2.47. The molecule has 1 amide bonds. The Bertz CT molecular complexity index is 490. The Hall–Kier alpha value is -2.55. The number of rotatable bonds is 5. The Kier molecular flexibility index (Phi) is 5.35. The van der Waals surface area contributed by atoms with E-state index >= 15 is 0 Å². The molecule has 100 valence electrons. The Morgan fingerprint density at radius 1 is 1.42 bits per heavy atom. The van der Waals surface area contributed by atoms with Crippen LogP contribution >= 0.6 is 0 Å². The Labute approximate surface area is 110 Å². The Balaban J connectivity index is 2.73. The summed E-state index contributed by atoms with van der Waals surface area (Å²) in [4.78, 5) is 23.3. The van der Waals surface area contributed by atoms with E-state index < -0.39 is 17.9 Å². The number of hydrogen-bond donors (Lipinski definition) is 2. The molecule has 0 heterocycles. The molecule has 1 atom stereocenters. The molecule has 6 heteroatoms. The number of carbonyl (C=O) groups is 2. The first-order chi connectivity index (χ1) is 9.08. The standard InChI is InChI=1S/C13H14N2O4/c1-19-13(18)11(3-2-8-14)15-12(17)9-4-6-10(16)7-5-9/h4-7,11,16H,2-3H2,1H3,(H,15,17)/t11-/m0/s1. The Morgan fingerprint density at radius 2 is 2.05 bits per heavy atom. The molecule has 0 aliphatic heterocycles. The molecule has 1 aromatic carbocycles. The molecule has 0 radical (unpaired) electrons. The summed E-state index contributed by atoms with van der Waals surface area (Å²) in [6.45, 7) is 0. The molecule has 0 saturated heterocycles. The number of nitrogens with zero attached hydrogens (tertiary/aromatic N) is 1. The van der Waals surface area contributed by atoms with Crippen LogP contribution in [-0.2, 0) is 9.53 Å². The van der Waals surface area contributed by atoms with Gasteiger partial charge in [-0.1, -0.05) is 0 Å². The number of benzene rings is 1. The van der Waals surface area contributed by atoms with Crippen molar-refractivity contribution >= 4 is 11.9 Å². The maximum absolute atomic E-state index is 11.9. The molecular formula is C13H14N2O4. The SMILES string of the molecule is COC(=O)[C@H](CCC#N)NC(=O)c1ccc(O)cc1. The summed E-state index contributed by atoms with van der Waals surface area (Å²) in [5.41, 5.74) is 0.309. The summed E-state index contributed by atoms with van der Waals surface area (Å²) in [6, 6.07) is 6.66. The van der Waals surface area contributed by atoms with Gasteiger partial charge in [-0.05, 0) is 30.7 Å². The highest BCUT2D eigenvalue weighted by molar-refractivity contribution is 5.96. The van der Waals surface area contributed by atoms with Crippen LogP contribution in [0.5, 0.6) is 5.75 Å². The van der Waals surface area contributed by atoms with Crippen LogP contribution in [0.25, 0.3) is 0 Å². The number of aromatic hydroxyl groups is 1. The number of carbonyl (C=O) groups excluding carboxylic acids is 2. The topological polar surface area (TPSA) is 99.4 Å². The summed E-state index contributed by atoms with van der Waals surface area (Å²) in [5, 5.41) is 20.1. The fourth-order valence-electron chi connectivity index (χ4n) is 1.45. The first-order valence-electron chi connectivity index (χ1n) is 5.63. The highest BCUT2D eigenvalue weighted by Gasteiger charge is 2.21. The monoisotopic (exact) mass is 262 g/mol. The van der Waals surface area contributed by atoms with Crippen molar-refractivity contribution in [2.75, 3.05) is 7.11 Å². The van der Waals surface area contributed by atoms with Crippen molar-refractivity contribution in [1.29, 1.82) is 5.26 Å². The van der Waals surface area contributed by atoms with E-state index in [-0.39, 0.29) is 18.6 Å². The minimum absolute atomic E-state index is 0.0468. The molecule has 2 N–H and O–H groups in total. The van der Waals surface area contributed by atoms with Crippen molar-refractivity contribution in [3.8, 4) is 11.8 Å². The van der Waals surface area contributed by atoms with Gasteiger partial charge in [-0.25, -0.2) is 4.79 Å². The number of nitriles is 1. The first-order valence-corrected chi connectivity index (χ1v) is 5.63. The molecule has 0 fully saturated rings. The smallest absolute Gasteiger partial charge is 0.328 e. The van der Waals surface area contributed by atoms with Crippen LogP contribution in [0.15, 0.2) is 24.3 Å². The molecule has 6 nitrogen and oxygen atoms in total. The van der Waals surface area contributed by atoms with Crippen molar-refractivity contribution in [1.82, 2.24) is 5.32 Å². The summed E-state index contributed by atoms with van der Waals surface area (Å²) in [6.07, 6.45) is 0.322. The fraction of sp³-hybridized carbons (Fsp3) is 0.308. The number of nitrogens with one attached hydrogen (secondary N) is 1. The maximum Gasteiger partial charge on any atom is 0.328 e. The summed E-state index contributed by atoms with van der Waals surface area (Å²) >= 11 is 0. The molecule has 0 unspecified atom stereocenters. The van der Waals surface area contributed by atoms with E-state index in [1.54, 1.807) is 0 Å². The van der Waals surface area contributed by atoms with Gasteiger partial charge in [0, 0.05) is 12.0 Å². The number of phenols is 1. The van der Waals surface area contributed by atoms with Gasteiger partial charge in [0.25, 0.3) is 5.91 Å². The van der Waals surface area contributed by atoms with Gasteiger partial charge >= 0.3 is 5.97 Å². The number of ether oxygens (including phenoxy) is 1. The van der Waals surface area contributed by atoms with Crippen LogP contribution in [-0.4, -0.2) is 30.1 Å². The van der Waals surface area contributed by atoms with Crippen molar-refractivity contribution in [2.45, 2.75) is 18.9 Å². The van der Waals surface area contributed by atoms with E-state index in [1.165, 1.54) is 31.4 Å². The average Bonchev–Trinajstić information content (AvgIpc) is 2.43. The molecule has 1 aromatic rings. The highest BCUT2D eigenvalue weighted by atomic mass is 16.5. The van der Waals surface area contributed by atoms with Crippen LogP contribution in [0.2, 0.25) is 0 Å². The van der Waals surface area contributed by atoms with Crippen molar-refractivity contribution in [3.05, 3.63) is 29.8 Å². The number of esters is 1. The van der Waals surface area contributed by atoms with Crippen LogP contribution in [0.1, 0.15) is 23.2 Å². The highest BCUT2D eigenvalue weighted by Crippen LogP contribution is 2.10. The minimum Gasteiger partial charge on any atom is -0.508 e. The van der Waals surface area contributed by atoms with E-state index in [2.05, 4.69) is 10.1 Å². The molecule has 0 spiro atoms. The molecule has 0 bridgehead atoms. The normalized spacial score (nSPS) is 11.2. The van der Waals surface area contributed by atoms with Gasteiger partial charge in [0.15, 0.2) is 0 Å². The lowest BCUT2D eigenvalue weighted by molar-refractivity contribution is -0.143. The number of methoxy groups -OCH3 is 1. The zero-order valence-electron chi connectivity index (χ0n) is 10.4. The number of phenolic OH excluding ortho intramolecular Hbond substituents is 1. The molecule has 19 heavy (non-hydrogen) atoms. The van der Waals surface area contributed by atoms with Crippen LogP contribution in [0.4, 0.5) is 0 Å². The molecule has 0 aliphatic carbocycles. The van der Waals surface area contributed by atoms with E-state index in [4.69, 9.17) is 10.4 Å². The van der Waals surface area contributed by atoms with Crippen LogP contribution in [0.3, 0.4) is 0 Å². The predicted molar refractivity (Wildman–Crippen MR) is 66.2 cm³/mol. The van der Waals surface area contributed by atoms with Gasteiger partial charge in [-0.2, -0.15) is 5.26 Å². The maximum atomic E-state index is 11.9. The molecular weight excluding hydrogens is 248 g/mol. The first kappa shape index (κ1) is 14.5. The van der Waals surface area contributed by atoms with Gasteiger partial charge in [-0.15, -0.1) is 0 Å². The van der Waals surface area contributed by atoms with Crippen molar-refractivity contribution in [2.24, 2.45) is 0 Å². The summed E-state index contributed by atoms with van der Waals surface area (Å²) in [7, 11) is 1.22. The lowest BCUT2D eigenvalue weighted by Gasteiger charge is -2.15. The Morgan fingerprint density at radius 3 is 2.58 bits per heavy atom. The second-order valence-electron chi connectivity index (χ2n) is 3.79. The van der Waals surface area contributed by atoms with Gasteiger partial charge in [-0.3, -0.25) is 4.79 Å². The van der Waals surface area contributed by atoms with E-state index in [0.717, 1.165) is 0 Å². The number of amides is 1. The summed E-state index contributed by atoms with van der Waals surface area (Å²) < 4.78 is 4.56. The molecule has 1 rings (SSSR count). The van der Waals surface area contributed by atoms with Gasteiger partial charge in [0.2, 0.25) is 0 Å². The zero-order valence-corrected chi connectivity index (χ0v) is 10.4. The third kappa shape index (κ3) is 4.32. The van der Waals surface area contributed by atoms with Crippen molar-refractivity contribution in [3.63, 3.8) is 0 Å². The quantitative estimate of drug-likeness (QED) is 0.770. The lowest BCUT2D eigenvalue weighted by atomic mass is 10.1. The zero-order chi connectivity index (χ0) is 14.3. The fourth-order valence-corrected chi connectivity index (χ4v) is 1.45. The second-order valence-corrected chi connectivity index (χ2v) is 3.79. The third-order valence-corrected chi connectivity index (χ3v) is 2.47.